The van der Waals surface area contributed by atoms with Crippen LogP contribution >= 0.6 is 11.3 Å². The smallest absolute Gasteiger partial charge is 0.262 e. The van der Waals surface area contributed by atoms with Gasteiger partial charge in [0.05, 0.1) is 11.0 Å². The average molecular weight is 391 g/mol. The van der Waals surface area contributed by atoms with Crippen molar-refractivity contribution in [3.05, 3.63) is 75.9 Å². The minimum Gasteiger partial charge on any atom is -0.487 e. The molecule has 2 N–H and O–H groups in total. The molecule has 1 amide bonds. The minimum atomic E-state index is -0.493. The molecule has 0 saturated heterocycles. The van der Waals surface area contributed by atoms with Crippen LogP contribution in [0, 0.1) is 20.8 Å². The van der Waals surface area contributed by atoms with Crippen molar-refractivity contribution in [1.29, 1.82) is 0 Å². The summed E-state index contributed by atoms with van der Waals surface area (Å²) in [4.78, 5) is 16.9. The fourth-order valence-corrected chi connectivity index (χ4v) is 4.07. The molecule has 0 fully saturated rings. The van der Waals surface area contributed by atoms with Crippen LogP contribution in [0.5, 0.6) is 5.75 Å². The standard InChI is InChI=1S/C22H21N3O2S/c1-13-6-4-5-7-16(13)11-27-19-10-20(28-21(19)22(23)26)25-12-24-17-8-14(2)15(3)9-18(17)25/h4-10,12H,11H2,1-3H3,(H2,23,26). The van der Waals surface area contributed by atoms with E-state index in [4.69, 9.17) is 10.5 Å². The first-order chi connectivity index (χ1) is 13.4. The molecule has 28 heavy (non-hydrogen) atoms. The third kappa shape index (κ3) is 3.27. The molecule has 0 aliphatic carbocycles. The molecule has 0 bridgehead atoms. The van der Waals surface area contributed by atoms with E-state index in [0.717, 1.165) is 27.2 Å². The van der Waals surface area contributed by atoms with E-state index in [9.17, 15) is 4.79 Å². The van der Waals surface area contributed by atoms with E-state index in [1.54, 1.807) is 6.33 Å². The second kappa shape index (κ2) is 7.13. The van der Waals surface area contributed by atoms with Crippen LogP contribution in [0.15, 0.2) is 48.8 Å². The normalized spacial score (nSPS) is 11.1. The predicted molar refractivity (Wildman–Crippen MR) is 112 cm³/mol. The maximum absolute atomic E-state index is 12.0. The monoisotopic (exact) mass is 391 g/mol. The molecule has 142 valence electrons. The highest BCUT2D eigenvalue weighted by molar-refractivity contribution is 7.16. The molecule has 0 radical (unpaired) electrons. The Morgan fingerprint density at radius 3 is 2.61 bits per heavy atom. The van der Waals surface area contributed by atoms with Gasteiger partial charge in [-0.2, -0.15) is 0 Å². The Balaban J connectivity index is 1.72. The van der Waals surface area contributed by atoms with Crippen LogP contribution in [0.4, 0.5) is 0 Å². The van der Waals surface area contributed by atoms with Crippen LogP contribution in [0.3, 0.4) is 0 Å². The van der Waals surface area contributed by atoms with Crippen molar-refractivity contribution in [1.82, 2.24) is 9.55 Å². The molecule has 0 saturated carbocycles. The van der Waals surface area contributed by atoms with Gasteiger partial charge in [-0.15, -0.1) is 11.3 Å². The zero-order chi connectivity index (χ0) is 19.8. The van der Waals surface area contributed by atoms with Gasteiger partial charge < -0.3 is 10.5 Å². The Bertz CT molecular complexity index is 1190. The third-order valence-corrected chi connectivity index (χ3v) is 6.08. The number of hydrogen-bond donors (Lipinski definition) is 1. The van der Waals surface area contributed by atoms with Crippen molar-refractivity contribution < 1.29 is 9.53 Å². The van der Waals surface area contributed by atoms with E-state index >= 15 is 0 Å². The summed E-state index contributed by atoms with van der Waals surface area (Å²) in [7, 11) is 0. The lowest BCUT2D eigenvalue weighted by molar-refractivity contribution is 0.1000. The Morgan fingerprint density at radius 1 is 1.11 bits per heavy atom. The van der Waals surface area contributed by atoms with E-state index in [0.29, 0.717) is 17.2 Å². The zero-order valence-corrected chi connectivity index (χ0v) is 16.8. The summed E-state index contributed by atoms with van der Waals surface area (Å²) in [6.07, 6.45) is 1.77. The van der Waals surface area contributed by atoms with Crippen molar-refractivity contribution in [2.45, 2.75) is 27.4 Å². The van der Waals surface area contributed by atoms with Crippen LogP contribution in [-0.4, -0.2) is 15.5 Å². The van der Waals surface area contributed by atoms with Gasteiger partial charge in [-0.05, 0) is 55.2 Å². The molecule has 4 rings (SSSR count). The van der Waals surface area contributed by atoms with E-state index in [1.165, 1.54) is 22.5 Å². The summed E-state index contributed by atoms with van der Waals surface area (Å²) < 4.78 is 7.95. The number of primary amides is 1. The van der Waals surface area contributed by atoms with Gasteiger partial charge in [0.15, 0.2) is 0 Å². The van der Waals surface area contributed by atoms with Crippen LogP contribution < -0.4 is 10.5 Å². The van der Waals surface area contributed by atoms with Crippen molar-refractivity contribution in [2.24, 2.45) is 5.73 Å². The highest BCUT2D eigenvalue weighted by atomic mass is 32.1. The number of benzene rings is 2. The second-order valence-electron chi connectivity index (χ2n) is 6.90. The van der Waals surface area contributed by atoms with Crippen molar-refractivity contribution in [3.63, 3.8) is 0 Å². The summed E-state index contributed by atoms with van der Waals surface area (Å²) >= 11 is 1.31. The number of aryl methyl sites for hydroxylation is 3. The lowest BCUT2D eigenvalue weighted by Crippen LogP contribution is -2.10. The molecule has 0 aliphatic heterocycles. The first-order valence-electron chi connectivity index (χ1n) is 8.99. The molecule has 0 atom stereocenters. The third-order valence-electron chi connectivity index (χ3n) is 4.95. The highest BCUT2D eigenvalue weighted by Gasteiger charge is 2.18. The van der Waals surface area contributed by atoms with Gasteiger partial charge in [0.2, 0.25) is 0 Å². The highest BCUT2D eigenvalue weighted by Crippen LogP contribution is 2.34. The molecular weight excluding hydrogens is 370 g/mol. The first kappa shape index (κ1) is 18.3. The number of thiophene rings is 1. The van der Waals surface area contributed by atoms with Gasteiger partial charge in [0.1, 0.15) is 28.6 Å². The molecule has 0 aliphatic rings. The number of carbonyl (C=O) groups is 1. The van der Waals surface area contributed by atoms with Gasteiger partial charge in [0.25, 0.3) is 5.91 Å². The lowest BCUT2D eigenvalue weighted by atomic mass is 10.1. The van der Waals surface area contributed by atoms with Crippen LogP contribution in [0.2, 0.25) is 0 Å². The molecule has 2 aromatic carbocycles. The maximum atomic E-state index is 12.0. The SMILES string of the molecule is Cc1cc2ncn(-c3cc(OCc4ccccc4C)c(C(N)=O)s3)c2cc1C. The van der Waals surface area contributed by atoms with E-state index in [1.807, 2.05) is 41.8 Å². The summed E-state index contributed by atoms with van der Waals surface area (Å²) in [6, 6.07) is 14.1. The quantitative estimate of drug-likeness (QED) is 0.536. The fraction of sp³-hybridized carbons (Fsp3) is 0.182. The van der Waals surface area contributed by atoms with E-state index in [-0.39, 0.29) is 0 Å². The zero-order valence-electron chi connectivity index (χ0n) is 16.0. The molecular formula is C22H21N3O2S. The molecule has 4 aromatic rings. The second-order valence-corrected chi connectivity index (χ2v) is 7.93. The minimum absolute atomic E-state index is 0.381. The van der Waals surface area contributed by atoms with Gasteiger partial charge >= 0.3 is 0 Å². The molecule has 2 heterocycles. The lowest BCUT2D eigenvalue weighted by Gasteiger charge is -2.08. The van der Waals surface area contributed by atoms with Crippen molar-refractivity contribution in [2.75, 3.05) is 0 Å². The summed E-state index contributed by atoms with van der Waals surface area (Å²) in [6.45, 7) is 6.56. The van der Waals surface area contributed by atoms with Crippen LogP contribution in [0.1, 0.15) is 31.9 Å². The molecule has 2 aromatic heterocycles. The Kier molecular flexibility index (Phi) is 4.65. The fourth-order valence-electron chi connectivity index (χ4n) is 3.13. The average Bonchev–Trinajstić information content (AvgIpc) is 3.25. The van der Waals surface area contributed by atoms with Crippen molar-refractivity contribution in [3.8, 4) is 10.8 Å². The number of hydrogen-bond acceptors (Lipinski definition) is 4. The largest absolute Gasteiger partial charge is 0.487 e. The molecule has 5 nitrogen and oxygen atoms in total. The molecule has 6 heteroatoms. The van der Waals surface area contributed by atoms with Gasteiger partial charge in [-0.3, -0.25) is 9.36 Å². The number of nitrogens with zero attached hydrogens (tertiary/aromatic N) is 2. The topological polar surface area (TPSA) is 70.1 Å². The first-order valence-corrected chi connectivity index (χ1v) is 9.81. The number of fused-ring (bicyclic) bond motifs is 1. The number of amides is 1. The number of carbonyl (C=O) groups excluding carboxylic acids is 1. The Hall–Kier alpha value is -3.12. The van der Waals surface area contributed by atoms with Gasteiger partial charge in [-0.1, -0.05) is 24.3 Å². The predicted octanol–water partition coefficient (Wildman–Crippen LogP) is 4.69. The summed E-state index contributed by atoms with van der Waals surface area (Å²) in [5.74, 6) is 0.00826. The maximum Gasteiger partial charge on any atom is 0.262 e. The number of imidazole rings is 1. The van der Waals surface area contributed by atoms with Crippen LogP contribution in [0.25, 0.3) is 16.0 Å². The van der Waals surface area contributed by atoms with E-state index in [2.05, 4.69) is 31.0 Å². The van der Waals surface area contributed by atoms with E-state index < -0.39 is 5.91 Å². The summed E-state index contributed by atoms with van der Waals surface area (Å²) in [5.41, 5.74) is 12.1. The Morgan fingerprint density at radius 2 is 1.86 bits per heavy atom. The number of ether oxygens (including phenoxy) is 1. The summed E-state index contributed by atoms with van der Waals surface area (Å²) in [5, 5.41) is 0.847. The van der Waals surface area contributed by atoms with Gasteiger partial charge in [0, 0.05) is 6.07 Å². The van der Waals surface area contributed by atoms with Crippen molar-refractivity contribution >= 4 is 28.3 Å². The molecule has 0 unspecified atom stereocenters. The van der Waals surface area contributed by atoms with Crippen LogP contribution in [-0.2, 0) is 6.61 Å². The molecule has 0 spiro atoms. The number of rotatable bonds is 5. The number of aromatic nitrogens is 2. The Labute approximate surface area is 167 Å². The van der Waals surface area contributed by atoms with Gasteiger partial charge in [-0.25, -0.2) is 4.98 Å². The number of nitrogens with two attached hydrogens (primary N) is 1.